The second kappa shape index (κ2) is 6.00. The second-order valence-electron chi connectivity index (χ2n) is 4.10. The van der Waals surface area contributed by atoms with Crippen molar-refractivity contribution in [2.45, 2.75) is 32.2 Å². The van der Waals surface area contributed by atoms with Crippen LogP contribution in [0.25, 0.3) is 0 Å². The Bertz CT molecular complexity index is 197. The average molecular weight is 195 g/mol. The molecule has 1 atom stereocenters. The monoisotopic (exact) mass is 195 g/mol. The lowest BCUT2D eigenvalue weighted by Crippen LogP contribution is -2.51. The second-order valence-corrected chi connectivity index (χ2v) is 4.10. The van der Waals surface area contributed by atoms with E-state index < -0.39 is 0 Å². The fourth-order valence-corrected chi connectivity index (χ4v) is 2.04. The van der Waals surface area contributed by atoms with Gasteiger partial charge >= 0.3 is 0 Å². The number of unbranched alkanes of at least 4 members (excludes halogenated alkanes) is 1. The van der Waals surface area contributed by atoms with Gasteiger partial charge in [-0.1, -0.05) is 6.92 Å². The van der Waals surface area contributed by atoms with Gasteiger partial charge in [0.1, 0.15) is 0 Å². The lowest BCUT2D eigenvalue weighted by molar-refractivity contribution is 0.0928. The summed E-state index contributed by atoms with van der Waals surface area (Å²) in [4.78, 5) is 4.94. The molecular weight excluding hydrogens is 174 g/mol. The number of rotatable bonds is 4. The Morgan fingerprint density at radius 2 is 2.21 bits per heavy atom. The van der Waals surface area contributed by atoms with Gasteiger partial charge in [-0.05, 0) is 26.4 Å². The van der Waals surface area contributed by atoms with E-state index in [-0.39, 0.29) is 0 Å². The van der Waals surface area contributed by atoms with Gasteiger partial charge < -0.3 is 9.80 Å². The van der Waals surface area contributed by atoms with Crippen LogP contribution in [0.2, 0.25) is 0 Å². The molecule has 14 heavy (non-hydrogen) atoms. The van der Waals surface area contributed by atoms with Gasteiger partial charge in [0.15, 0.2) is 0 Å². The van der Waals surface area contributed by atoms with E-state index in [1.165, 1.54) is 26.1 Å². The van der Waals surface area contributed by atoms with Crippen LogP contribution in [0.15, 0.2) is 0 Å². The molecule has 0 spiro atoms. The van der Waals surface area contributed by atoms with Gasteiger partial charge in [-0.2, -0.15) is 5.26 Å². The summed E-state index contributed by atoms with van der Waals surface area (Å²) in [6.45, 7) is 6.86. The third-order valence-corrected chi connectivity index (χ3v) is 3.10. The van der Waals surface area contributed by atoms with Crippen LogP contribution >= 0.6 is 0 Å². The summed E-state index contributed by atoms with van der Waals surface area (Å²) >= 11 is 0. The molecule has 1 fully saturated rings. The number of hydrogen-bond acceptors (Lipinski definition) is 3. The van der Waals surface area contributed by atoms with Crippen molar-refractivity contribution in [3.63, 3.8) is 0 Å². The largest absolute Gasteiger partial charge is 0.301 e. The van der Waals surface area contributed by atoms with Crippen LogP contribution in [0.5, 0.6) is 0 Å². The fraction of sp³-hybridized carbons (Fsp3) is 0.909. The van der Waals surface area contributed by atoms with Crippen LogP contribution in [-0.4, -0.2) is 49.1 Å². The molecule has 0 radical (unpaired) electrons. The molecule has 1 unspecified atom stereocenters. The highest BCUT2D eigenvalue weighted by atomic mass is 15.3. The SMILES string of the molecule is CCC1CN(CCCC#N)CCN1C. The van der Waals surface area contributed by atoms with Gasteiger partial charge in [-0.25, -0.2) is 0 Å². The van der Waals surface area contributed by atoms with Crippen LogP contribution in [-0.2, 0) is 0 Å². The molecule has 3 nitrogen and oxygen atoms in total. The molecule has 1 saturated heterocycles. The van der Waals surface area contributed by atoms with Gasteiger partial charge in [0.25, 0.3) is 0 Å². The third-order valence-electron chi connectivity index (χ3n) is 3.10. The average Bonchev–Trinajstić information content (AvgIpc) is 2.21. The summed E-state index contributed by atoms with van der Waals surface area (Å²) in [5.74, 6) is 0. The van der Waals surface area contributed by atoms with E-state index in [4.69, 9.17) is 5.26 Å². The van der Waals surface area contributed by atoms with Gasteiger partial charge in [-0.15, -0.1) is 0 Å². The van der Waals surface area contributed by atoms with Crippen LogP contribution in [0.3, 0.4) is 0 Å². The first-order chi connectivity index (χ1) is 6.77. The molecule has 0 aromatic heterocycles. The van der Waals surface area contributed by atoms with Crippen LogP contribution in [0.4, 0.5) is 0 Å². The summed E-state index contributed by atoms with van der Waals surface area (Å²) < 4.78 is 0. The van der Waals surface area contributed by atoms with Crippen molar-refractivity contribution >= 4 is 0 Å². The highest BCUT2D eigenvalue weighted by Crippen LogP contribution is 2.10. The van der Waals surface area contributed by atoms with Crippen molar-refractivity contribution in [2.75, 3.05) is 33.2 Å². The molecule has 1 aliphatic heterocycles. The number of likely N-dealkylation sites (N-methyl/N-ethyl adjacent to an activating group) is 1. The van der Waals surface area contributed by atoms with Gasteiger partial charge in [-0.3, -0.25) is 0 Å². The molecular formula is C11H21N3. The standard InChI is InChI=1S/C11H21N3/c1-3-11-10-14(7-5-4-6-12)9-8-13(11)2/h11H,3-5,7-10H2,1-2H3. The van der Waals surface area contributed by atoms with E-state index in [1.54, 1.807) is 0 Å². The molecule has 1 heterocycles. The molecule has 1 aliphatic rings. The van der Waals surface area contributed by atoms with Crippen LogP contribution in [0, 0.1) is 11.3 Å². The zero-order valence-corrected chi connectivity index (χ0v) is 9.37. The van der Waals surface area contributed by atoms with Crippen molar-refractivity contribution in [2.24, 2.45) is 0 Å². The van der Waals surface area contributed by atoms with E-state index in [2.05, 4.69) is 29.8 Å². The van der Waals surface area contributed by atoms with Gasteiger partial charge in [0, 0.05) is 32.1 Å². The first-order valence-electron chi connectivity index (χ1n) is 5.57. The molecule has 0 N–H and O–H groups in total. The Hall–Kier alpha value is -0.590. The zero-order valence-electron chi connectivity index (χ0n) is 9.37. The van der Waals surface area contributed by atoms with Crippen molar-refractivity contribution in [1.29, 1.82) is 5.26 Å². The summed E-state index contributed by atoms with van der Waals surface area (Å²) in [7, 11) is 2.21. The molecule has 0 amide bonds. The van der Waals surface area contributed by atoms with E-state index in [9.17, 15) is 0 Å². The summed E-state index contributed by atoms with van der Waals surface area (Å²) in [6, 6.07) is 2.92. The first-order valence-corrected chi connectivity index (χ1v) is 5.57. The lowest BCUT2D eigenvalue weighted by atomic mass is 10.1. The normalized spacial score (nSPS) is 24.8. The van der Waals surface area contributed by atoms with Crippen molar-refractivity contribution in [3.8, 4) is 6.07 Å². The highest BCUT2D eigenvalue weighted by Gasteiger charge is 2.21. The number of piperazine rings is 1. The zero-order chi connectivity index (χ0) is 10.4. The summed E-state index contributed by atoms with van der Waals surface area (Å²) in [5, 5.41) is 8.46. The molecule has 0 aromatic carbocycles. The maximum atomic E-state index is 8.46. The van der Waals surface area contributed by atoms with Crippen LogP contribution < -0.4 is 0 Å². The molecule has 80 valence electrons. The molecule has 0 saturated carbocycles. The fourth-order valence-electron chi connectivity index (χ4n) is 2.04. The molecule has 0 aliphatic carbocycles. The maximum Gasteiger partial charge on any atom is 0.0622 e. The summed E-state index contributed by atoms with van der Waals surface area (Å²) in [6.07, 6.45) is 2.95. The van der Waals surface area contributed by atoms with E-state index in [0.717, 1.165) is 13.0 Å². The lowest BCUT2D eigenvalue weighted by Gasteiger charge is -2.39. The third kappa shape index (κ3) is 3.28. The number of hydrogen-bond donors (Lipinski definition) is 0. The maximum absolute atomic E-state index is 8.46. The minimum atomic E-state index is 0.698. The Kier molecular flexibility index (Phi) is 4.92. The van der Waals surface area contributed by atoms with E-state index >= 15 is 0 Å². The number of nitrogens with zero attached hydrogens (tertiary/aromatic N) is 3. The smallest absolute Gasteiger partial charge is 0.0622 e. The van der Waals surface area contributed by atoms with Crippen LogP contribution in [0.1, 0.15) is 26.2 Å². The van der Waals surface area contributed by atoms with E-state index in [1.807, 2.05) is 0 Å². The number of nitriles is 1. The van der Waals surface area contributed by atoms with E-state index in [0.29, 0.717) is 12.5 Å². The quantitative estimate of drug-likeness (QED) is 0.634. The molecule has 1 rings (SSSR count). The predicted octanol–water partition coefficient (Wildman–Crippen LogP) is 1.32. The van der Waals surface area contributed by atoms with Gasteiger partial charge in [0.05, 0.1) is 6.07 Å². The highest BCUT2D eigenvalue weighted by molar-refractivity contribution is 4.79. The molecule has 3 heteroatoms. The minimum absolute atomic E-state index is 0.698. The molecule has 0 bridgehead atoms. The Morgan fingerprint density at radius 1 is 1.43 bits per heavy atom. The minimum Gasteiger partial charge on any atom is -0.301 e. The predicted molar refractivity (Wildman–Crippen MR) is 58.0 cm³/mol. The first kappa shape index (κ1) is 11.5. The van der Waals surface area contributed by atoms with Crippen molar-refractivity contribution < 1.29 is 0 Å². The van der Waals surface area contributed by atoms with Crippen molar-refractivity contribution in [3.05, 3.63) is 0 Å². The van der Waals surface area contributed by atoms with Crippen molar-refractivity contribution in [1.82, 2.24) is 9.80 Å². The Labute approximate surface area is 87.3 Å². The van der Waals surface area contributed by atoms with Gasteiger partial charge in [0.2, 0.25) is 0 Å². The topological polar surface area (TPSA) is 30.3 Å². The Morgan fingerprint density at radius 3 is 2.86 bits per heavy atom. The Balaban J connectivity index is 2.25. The molecule has 0 aromatic rings. The summed E-state index contributed by atoms with van der Waals surface area (Å²) in [5.41, 5.74) is 0.